The van der Waals surface area contributed by atoms with Crippen LogP contribution in [-0.2, 0) is 0 Å². The molecule has 2 nitrogen and oxygen atoms in total. The van der Waals surface area contributed by atoms with Crippen LogP contribution in [-0.4, -0.2) is 18.6 Å². The van der Waals surface area contributed by atoms with E-state index in [9.17, 15) is 0 Å². The monoisotopic (exact) mass is 159 g/mol. The molecule has 0 rings (SSSR count). The third kappa shape index (κ3) is 3.01. The van der Waals surface area contributed by atoms with Crippen LogP contribution in [0.2, 0.25) is 19.6 Å². The van der Waals surface area contributed by atoms with Gasteiger partial charge < -0.3 is 5.21 Å². The molecule has 60 valence electrons. The smallest absolute Gasteiger partial charge is 0.100 e. The molecule has 0 atom stereocenters. The fourth-order valence-electron chi connectivity index (χ4n) is 0.812. The molecular formula is C7H17NOSi. The highest BCUT2D eigenvalue weighted by atomic mass is 28.3. The summed E-state index contributed by atoms with van der Waals surface area (Å²) in [6, 6.07) is 0. The van der Waals surface area contributed by atoms with Crippen molar-refractivity contribution in [2.45, 2.75) is 39.4 Å². The Morgan fingerprint density at radius 2 is 1.90 bits per heavy atom. The number of hydrogen-bond donors (Lipinski definition) is 1. The van der Waals surface area contributed by atoms with Gasteiger partial charge in [0.25, 0.3) is 0 Å². The first-order valence-electron chi connectivity index (χ1n) is 3.73. The lowest BCUT2D eigenvalue weighted by Crippen LogP contribution is -2.33. The second kappa shape index (κ2) is 3.76. The van der Waals surface area contributed by atoms with Crippen molar-refractivity contribution in [2.24, 2.45) is 5.16 Å². The van der Waals surface area contributed by atoms with Crippen LogP contribution < -0.4 is 0 Å². The first kappa shape index (κ1) is 9.69. The van der Waals surface area contributed by atoms with E-state index in [1.807, 2.05) is 0 Å². The van der Waals surface area contributed by atoms with Crippen molar-refractivity contribution in [3.63, 3.8) is 0 Å². The molecular weight excluding hydrogens is 142 g/mol. The van der Waals surface area contributed by atoms with Gasteiger partial charge in [0.2, 0.25) is 0 Å². The lowest BCUT2D eigenvalue weighted by Gasteiger charge is -2.16. The van der Waals surface area contributed by atoms with Gasteiger partial charge in [-0.15, -0.1) is 5.16 Å². The normalized spacial score (nSPS) is 13.8. The zero-order valence-corrected chi connectivity index (χ0v) is 8.31. The molecule has 0 saturated heterocycles. The van der Waals surface area contributed by atoms with Gasteiger partial charge in [0.15, 0.2) is 0 Å². The Hall–Kier alpha value is -0.313. The van der Waals surface area contributed by atoms with Gasteiger partial charge in [0.1, 0.15) is 8.07 Å². The molecule has 0 amide bonds. The minimum absolute atomic E-state index is 0.951. The number of oxime groups is 1. The Morgan fingerprint density at radius 3 is 2.00 bits per heavy atom. The average Bonchev–Trinajstić information content (AvgIpc) is 1.80. The van der Waals surface area contributed by atoms with Gasteiger partial charge in [-0.2, -0.15) is 0 Å². The van der Waals surface area contributed by atoms with Gasteiger partial charge in [0, 0.05) is 5.33 Å². The standard InChI is InChI=1S/C7H17NOSi/c1-5-6-7(8-9)10(2,3)4/h9H,5-6H2,1-4H3. The molecule has 0 aliphatic heterocycles. The molecule has 1 N–H and O–H groups in total. The van der Waals surface area contributed by atoms with Crippen molar-refractivity contribution in [1.82, 2.24) is 0 Å². The van der Waals surface area contributed by atoms with E-state index in [1.165, 1.54) is 0 Å². The van der Waals surface area contributed by atoms with Crippen LogP contribution in [0.15, 0.2) is 5.16 Å². The van der Waals surface area contributed by atoms with Crippen molar-refractivity contribution in [1.29, 1.82) is 0 Å². The number of rotatable bonds is 3. The molecule has 0 aromatic rings. The van der Waals surface area contributed by atoms with Crippen LogP contribution in [0.3, 0.4) is 0 Å². The molecule has 0 aromatic carbocycles. The van der Waals surface area contributed by atoms with Crippen molar-refractivity contribution in [3.8, 4) is 0 Å². The molecule has 0 aliphatic carbocycles. The molecule has 10 heavy (non-hydrogen) atoms. The predicted octanol–water partition coefficient (Wildman–Crippen LogP) is 2.49. The van der Waals surface area contributed by atoms with Crippen molar-refractivity contribution >= 4 is 13.4 Å². The minimum atomic E-state index is -1.31. The van der Waals surface area contributed by atoms with Gasteiger partial charge in [-0.05, 0) is 6.42 Å². The third-order valence-electron chi connectivity index (χ3n) is 1.47. The van der Waals surface area contributed by atoms with Gasteiger partial charge in [-0.25, -0.2) is 0 Å². The van der Waals surface area contributed by atoms with Crippen LogP contribution in [0.5, 0.6) is 0 Å². The third-order valence-corrected chi connectivity index (χ3v) is 3.55. The highest BCUT2D eigenvalue weighted by Crippen LogP contribution is 2.08. The molecule has 0 heterocycles. The van der Waals surface area contributed by atoms with E-state index in [-0.39, 0.29) is 0 Å². The summed E-state index contributed by atoms with van der Waals surface area (Å²) >= 11 is 0. The molecule has 3 heteroatoms. The van der Waals surface area contributed by atoms with E-state index in [0.717, 1.165) is 18.2 Å². The molecule has 0 saturated carbocycles. The summed E-state index contributed by atoms with van der Waals surface area (Å²) in [5.41, 5.74) is 0. The molecule has 0 radical (unpaired) electrons. The van der Waals surface area contributed by atoms with Crippen molar-refractivity contribution < 1.29 is 5.21 Å². The minimum Gasteiger partial charge on any atom is -0.411 e. The van der Waals surface area contributed by atoms with E-state index in [2.05, 4.69) is 31.7 Å². The van der Waals surface area contributed by atoms with E-state index < -0.39 is 8.07 Å². The molecule has 0 unspecified atom stereocenters. The maximum absolute atomic E-state index is 8.62. The van der Waals surface area contributed by atoms with Crippen molar-refractivity contribution in [2.75, 3.05) is 0 Å². The number of hydrogen-bond acceptors (Lipinski definition) is 2. The van der Waals surface area contributed by atoms with E-state index in [4.69, 9.17) is 5.21 Å². The summed E-state index contributed by atoms with van der Waals surface area (Å²) < 4.78 is 0. The summed E-state index contributed by atoms with van der Waals surface area (Å²) in [5.74, 6) is 0. The van der Waals surface area contributed by atoms with Crippen LogP contribution in [0.1, 0.15) is 19.8 Å². The van der Waals surface area contributed by atoms with Crippen LogP contribution in [0.25, 0.3) is 0 Å². The van der Waals surface area contributed by atoms with Crippen LogP contribution in [0.4, 0.5) is 0 Å². The van der Waals surface area contributed by atoms with Gasteiger partial charge in [-0.3, -0.25) is 0 Å². The topological polar surface area (TPSA) is 32.6 Å². The lowest BCUT2D eigenvalue weighted by molar-refractivity contribution is 0.319. The summed E-state index contributed by atoms with van der Waals surface area (Å²) in [4.78, 5) is 0. The Bertz CT molecular complexity index is 126. The first-order valence-corrected chi connectivity index (χ1v) is 7.23. The SMILES string of the molecule is CCCC(=NO)[Si](C)(C)C. The Morgan fingerprint density at radius 1 is 1.40 bits per heavy atom. The fraction of sp³-hybridized carbons (Fsp3) is 0.857. The zero-order chi connectivity index (χ0) is 8.20. The summed E-state index contributed by atoms with van der Waals surface area (Å²) in [6.45, 7) is 8.68. The second-order valence-corrected chi connectivity index (χ2v) is 8.62. The summed E-state index contributed by atoms with van der Waals surface area (Å²) in [7, 11) is -1.31. The van der Waals surface area contributed by atoms with Gasteiger partial charge >= 0.3 is 0 Å². The lowest BCUT2D eigenvalue weighted by atomic mass is 10.4. The zero-order valence-electron chi connectivity index (χ0n) is 7.31. The molecule has 0 aromatic heterocycles. The number of nitrogens with zero attached hydrogens (tertiary/aromatic N) is 1. The quantitative estimate of drug-likeness (QED) is 0.292. The first-order chi connectivity index (χ1) is 4.52. The van der Waals surface area contributed by atoms with Gasteiger partial charge in [-0.1, -0.05) is 33.0 Å². The van der Waals surface area contributed by atoms with E-state index in [0.29, 0.717) is 0 Å². The summed E-state index contributed by atoms with van der Waals surface area (Å²) in [5, 5.41) is 13.0. The summed E-state index contributed by atoms with van der Waals surface area (Å²) in [6.07, 6.45) is 2.02. The van der Waals surface area contributed by atoms with Gasteiger partial charge in [0.05, 0.1) is 0 Å². The highest BCUT2D eigenvalue weighted by molar-refractivity contribution is 7.04. The Balaban J connectivity index is 4.10. The Labute approximate surface area is 64.0 Å². The fourth-order valence-corrected chi connectivity index (χ4v) is 2.11. The van der Waals surface area contributed by atoms with Crippen molar-refractivity contribution in [3.05, 3.63) is 0 Å². The van der Waals surface area contributed by atoms with Crippen LogP contribution >= 0.6 is 0 Å². The highest BCUT2D eigenvalue weighted by Gasteiger charge is 2.20. The van der Waals surface area contributed by atoms with E-state index >= 15 is 0 Å². The predicted molar refractivity (Wildman–Crippen MR) is 47.5 cm³/mol. The maximum atomic E-state index is 8.62. The maximum Gasteiger partial charge on any atom is 0.100 e. The molecule has 0 bridgehead atoms. The van der Waals surface area contributed by atoms with Crippen LogP contribution in [0, 0.1) is 0 Å². The average molecular weight is 159 g/mol. The Kier molecular flexibility index (Phi) is 3.64. The molecule has 0 spiro atoms. The second-order valence-electron chi connectivity index (χ2n) is 3.55. The molecule has 0 aliphatic rings. The molecule has 0 fully saturated rings. The van der Waals surface area contributed by atoms with E-state index in [1.54, 1.807) is 0 Å². The largest absolute Gasteiger partial charge is 0.411 e.